The number of hydrogen-bond acceptors (Lipinski definition) is 7. The molecule has 0 aromatic heterocycles. The molecular weight excluding hydrogens is 934 g/mol. The van der Waals surface area contributed by atoms with Crippen LogP contribution in [0.15, 0.2) is 24.3 Å². The Morgan fingerprint density at radius 1 is 0.750 bits per heavy atom. The van der Waals surface area contributed by atoms with Crippen LogP contribution < -0.4 is 35.4 Å². The van der Waals surface area contributed by atoms with E-state index in [-0.39, 0.29) is 58.7 Å². The summed E-state index contributed by atoms with van der Waals surface area (Å²) in [7, 11) is 2.34. The smallest absolute Gasteiger partial charge is 0.252 e. The van der Waals surface area contributed by atoms with Crippen molar-refractivity contribution in [2.75, 3.05) is 38.2 Å². The van der Waals surface area contributed by atoms with Crippen molar-refractivity contribution in [1.82, 2.24) is 4.90 Å². The number of hydrogen-bond donors (Lipinski definition) is 6. The minimum absolute atomic E-state index is 0. The Hall–Kier alpha value is -1.72. The summed E-state index contributed by atoms with van der Waals surface area (Å²) in [6.07, 6.45) is 16.0. The maximum atomic E-state index is 12.2. The van der Waals surface area contributed by atoms with Crippen LogP contribution in [-0.4, -0.2) is 103 Å². The second kappa shape index (κ2) is 15.4. The molecule has 1 unspecified atom stereocenters. The number of rotatable bonds is 6. The number of carbonyl (C=O) groups excluding carboxylic acids is 2. The summed E-state index contributed by atoms with van der Waals surface area (Å²) in [5.41, 5.74) is 12.7. The Morgan fingerprint density at radius 2 is 1.25 bits per heavy atom. The largest absolute Gasteiger partial charge is 1.00 e. The SMILES string of the molecule is CI.C[N+]1(CC2CC2)CC[C@]23CCCC[C@@]2(O)[C@H]1Cc1ccc(C(N)=O)c(O)c13.NC(=O)c1ccc2c(c1O)[C@@]13CCCC[C@@]1(O)[C@@H](C2)N(CC1CC1)CC3.[I-]. The van der Waals surface area contributed by atoms with Gasteiger partial charge in [-0.3, -0.25) is 14.5 Å². The topological polar surface area (TPSA) is 170 Å². The molecule has 2 aliphatic heterocycles. The number of amides is 2. The first kappa shape index (κ1) is 42.4. The van der Waals surface area contributed by atoms with Crippen molar-refractivity contribution < 1.29 is 58.5 Å². The highest BCUT2D eigenvalue weighted by Crippen LogP contribution is 2.63. The van der Waals surface area contributed by atoms with E-state index in [0.717, 1.165) is 142 Å². The van der Waals surface area contributed by atoms with Crippen molar-refractivity contribution in [2.24, 2.45) is 23.3 Å². The summed E-state index contributed by atoms with van der Waals surface area (Å²) >= 11 is 2.15. The van der Waals surface area contributed by atoms with E-state index in [1.165, 1.54) is 25.7 Å². The predicted molar refractivity (Wildman–Crippen MR) is 221 cm³/mol. The molecule has 6 fully saturated rings. The monoisotopic (exact) mass is 996 g/mol. The third kappa shape index (κ3) is 6.42. The van der Waals surface area contributed by atoms with E-state index in [1.807, 2.05) is 17.1 Å². The molecular formula is C44H62I2N4O6. The van der Waals surface area contributed by atoms with Crippen molar-refractivity contribution in [3.05, 3.63) is 57.6 Å². The van der Waals surface area contributed by atoms with Gasteiger partial charge in [-0.1, -0.05) is 60.4 Å². The van der Waals surface area contributed by atoms with E-state index in [9.17, 15) is 30.0 Å². The molecule has 10 nitrogen and oxygen atoms in total. The second-order valence-corrected chi connectivity index (χ2v) is 18.9. The lowest BCUT2D eigenvalue weighted by atomic mass is 9.48. The Morgan fingerprint density at radius 3 is 1.79 bits per heavy atom. The number of quaternary nitrogens is 1. The zero-order valence-electron chi connectivity index (χ0n) is 33.2. The number of benzene rings is 2. The molecule has 7 atom stereocenters. The normalized spacial score (nSPS) is 36.3. The minimum Gasteiger partial charge on any atom is -1.00 e. The van der Waals surface area contributed by atoms with E-state index in [0.29, 0.717) is 0 Å². The second-order valence-electron chi connectivity index (χ2n) is 18.9. The number of likely N-dealkylation sites (tertiary alicyclic amines) is 2. The summed E-state index contributed by atoms with van der Waals surface area (Å²) in [6, 6.07) is 7.54. The van der Waals surface area contributed by atoms with Crippen LogP contribution >= 0.6 is 22.6 Å². The van der Waals surface area contributed by atoms with Crippen LogP contribution in [0, 0.1) is 11.8 Å². The number of nitrogens with two attached hydrogens (primary N) is 2. The van der Waals surface area contributed by atoms with Crippen molar-refractivity contribution in [3.63, 3.8) is 0 Å². The fourth-order valence-corrected chi connectivity index (χ4v) is 13.2. The molecule has 0 spiro atoms. The van der Waals surface area contributed by atoms with Gasteiger partial charge in [-0.25, -0.2) is 0 Å². The van der Waals surface area contributed by atoms with Crippen molar-refractivity contribution >= 4 is 34.4 Å². The van der Waals surface area contributed by atoms with Crippen molar-refractivity contribution in [2.45, 2.75) is 137 Å². The van der Waals surface area contributed by atoms with Crippen molar-refractivity contribution in [3.8, 4) is 11.5 Å². The summed E-state index contributed by atoms with van der Waals surface area (Å²) < 4.78 is 0.945. The number of aliphatic hydroxyl groups is 2. The molecule has 10 rings (SSSR count). The molecule has 4 saturated carbocycles. The van der Waals surface area contributed by atoms with Crippen LogP contribution in [0.3, 0.4) is 0 Å². The molecule has 0 radical (unpaired) electrons. The number of likely N-dealkylation sites (N-methyl/N-ethyl adjacent to an activating group) is 1. The standard InChI is InChI=1S/C22H30N2O3.C21H28N2O3.CH3I.HI/c1-24(13-14-4-5-14)11-10-21-8-2-3-9-22(21,27)17(24)12-15-6-7-16(20(23)26)19(25)18(15)21;22-19(25)15-6-5-14-11-16-21(26)8-2-1-7-20(21,17(14)18(15)24)9-10-23(16)12-13-3-4-13;1-2;/h6-7,14,17,27H,2-5,8-13H2,1H3,(H2-,23,25,26);5-6,13,16,24,26H,1-4,7-12H2,(H2,22,25);1H3;1H/t17-,21+,22-,24?;16-,20+,21-;;/m11../s1. The Bertz CT molecular complexity index is 1870. The fourth-order valence-electron chi connectivity index (χ4n) is 13.2. The third-order valence-corrected chi connectivity index (χ3v) is 16.1. The Labute approximate surface area is 362 Å². The van der Waals surface area contributed by atoms with Crippen LogP contribution in [-0.2, 0) is 23.7 Å². The van der Waals surface area contributed by atoms with Crippen molar-refractivity contribution in [1.29, 1.82) is 0 Å². The van der Waals surface area contributed by atoms with Crippen LogP contribution in [0.2, 0.25) is 0 Å². The van der Waals surface area contributed by atoms with E-state index in [1.54, 1.807) is 12.1 Å². The molecule has 4 bridgehead atoms. The molecule has 2 amide bonds. The lowest BCUT2D eigenvalue weighted by molar-refractivity contribution is -0.950. The summed E-state index contributed by atoms with van der Waals surface area (Å²) in [6.45, 7) is 4.24. The summed E-state index contributed by atoms with van der Waals surface area (Å²) in [5.74, 6) is 0.442. The molecule has 56 heavy (non-hydrogen) atoms. The van der Waals surface area contributed by atoms with E-state index in [2.05, 4.69) is 34.5 Å². The Kier molecular flexibility index (Phi) is 11.7. The first-order valence-corrected chi connectivity index (χ1v) is 23.1. The van der Waals surface area contributed by atoms with Gasteiger partial charge < -0.3 is 60.4 Å². The molecule has 8 aliphatic rings. The number of alkyl halides is 1. The summed E-state index contributed by atoms with van der Waals surface area (Å²) in [4.78, 5) is 28.1. The number of piperidine rings is 2. The van der Waals surface area contributed by atoms with E-state index >= 15 is 0 Å². The average Bonchev–Trinajstić information content (AvgIpc) is 4.10. The minimum atomic E-state index is -0.820. The number of halogens is 2. The van der Waals surface area contributed by atoms with Crippen LogP contribution in [0.5, 0.6) is 11.5 Å². The van der Waals surface area contributed by atoms with Gasteiger partial charge in [-0.15, -0.1) is 0 Å². The zero-order valence-corrected chi connectivity index (χ0v) is 37.5. The molecule has 2 aromatic carbocycles. The number of nitrogens with zero attached hydrogens (tertiary/aromatic N) is 2. The molecule has 2 saturated heterocycles. The first-order chi connectivity index (χ1) is 26.3. The van der Waals surface area contributed by atoms with Crippen LogP contribution in [0.4, 0.5) is 0 Å². The van der Waals surface area contributed by atoms with Gasteiger partial charge in [-0.05, 0) is 105 Å². The number of primary amides is 2. The fraction of sp³-hybridized carbons (Fsp3) is 0.682. The Balaban J connectivity index is 0.000000162. The summed E-state index contributed by atoms with van der Waals surface area (Å²) in [5, 5.41) is 46.2. The van der Waals surface area contributed by atoms with E-state index in [4.69, 9.17) is 11.5 Å². The number of phenols is 2. The van der Waals surface area contributed by atoms with Gasteiger partial charge >= 0.3 is 0 Å². The molecule has 6 aliphatic carbocycles. The highest BCUT2D eigenvalue weighted by atomic mass is 127. The maximum Gasteiger partial charge on any atom is 0.252 e. The van der Waals surface area contributed by atoms with Gasteiger partial charge in [0, 0.05) is 53.3 Å². The quantitative estimate of drug-likeness (QED) is 0.147. The molecule has 2 heterocycles. The van der Waals surface area contributed by atoms with Crippen LogP contribution in [0.1, 0.15) is 133 Å². The van der Waals surface area contributed by atoms with Gasteiger partial charge in [-0.2, -0.15) is 0 Å². The highest BCUT2D eigenvalue weighted by molar-refractivity contribution is 14.1. The number of aromatic hydroxyl groups is 2. The first-order valence-electron chi connectivity index (χ1n) is 21.0. The van der Waals surface area contributed by atoms with Gasteiger partial charge in [0.1, 0.15) is 23.1 Å². The lowest BCUT2D eigenvalue weighted by Crippen LogP contribution is -3.00. The molecule has 12 heteroatoms. The number of carbonyl (C=O) groups is 2. The van der Waals surface area contributed by atoms with E-state index < -0.39 is 33.8 Å². The van der Waals surface area contributed by atoms with Gasteiger partial charge in [0.15, 0.2) is 0 Å². The lowest BCUT2D eigenvalue weighted by Gasteiger charge is -2.65. The third-order valence-electron chi connectivity index (χ3n) is 16.1. The zero-order chi connectivity index (χ0) is 39.1. The predicted octanol–water partition coefficient (Wildman–Crippen LogP) is 2.35. The molecule has 8 N–H and O–H groups in total. The highest BCUT2D eigenvalue weighted by Gasteiger charge is 2.69. The number of fused-ring (bicyclic) bond motifs is 2. The van der Waals surface area contributed by atoms with Gasteiger partial charge in [0.05, 0.1) is 36.9 Å². The van der Waals surface area contributed by atoms with Gasteiger partial charge in [0.25, 0.3) is 11.8 Å². The maximum absolute atomic E-state index is 12.2. The molecule has 308 valence electrons. The average molecular weight is 997 g/mol. The van der Waals surface area contributed by atoms with Gasteiger partial charge in [0.2, 0.25) is 0 Å². The molecule has 2 aromatic rings. The van der Waals surface area contributed by atoms with Crippen LogP contribution in [0.25, 0.3) is 0 Å².